The average molecular weight is 406 g/mol. The van der Waals surface area contributed by atoms with E-state index in [1.807, 2.05) is 30.3 Å². The van der Waals surface area contributed by atoms with E-state index in [0.717, 1.165) is 0 Å². The SMILES string of the molecule is Cc1cc(NC(=O)C2CCN(C(=O)c3cccnc3Oc3ccccc3)CC2)no1. The highest BCUT2D eigenvalue weighted by molar-refractivity contribution is 5.97. The van der Waals surface area contributed by atoms with Crippen LogP contribution in [0.4, 0.5) is 5.82 Å². The Morgan fingerprint density at radius 2 is 1.90 bits per heavy atom. The zero-order valence-electron chi connectivity index (χ0n) is 16.6. The first-order valence-electron chi connectivity index (χ1n) is 9.81. The van der Waals surface area contributed by atoms with Crippen LogP contribution in [0.1, 0.15) is 29.0 Å². The number of pyridine rings is 1. The summed E-state index contributed by atoms with van der Waals surface area (Å²) in [4.78, 5) is 31.5. The predicted molar refractivity (Wildman–Crippen MR) is 109 cm³/mol. The molecule has 0 bridgehead atoms. The molecule has 1 aliphatic heterocycles. The maximum Gasteiger partial charge on any atom is 0.259 e. The van der Waals surface area contributed by atoms with Crippen LogP contribution in [-0.4, -0.2) is 39.9 Å². The number of hydrogen-bond acceptors (Lipinski definition) is 6. The standard InChI is InChI=1S/C22H22N4O4/c1-15-14-19(25-30-15)24-20(27)16-9-12-26(13-10-16)22(28)18-8-5-11-23-21(18)29-17-6-3-2-4-7-17/h2-8,11,14,16H,9-10,12-13H2,1H3,(H,24,25,27). The van der Waals surface area contributed by atoms with Gasteiger partial charge in [-0.25, -0.2) is 4.98 Å². The normalized spacial score (nSPS) is 14.4. The Kier molecular flexibility index (Phi) is 5.74. The van der Waals surface area contributed by atoms with Crippen LogP contribution < -0.4 is 10.1 Å². The maximum absolute atomic E-state index is 13.1. The molecule has 2 aromatic heterocycles. The van der Waals surface area contributed by atoms with Gasteiger partial charge in [-0.2, -0.15) is 0 Å². The van der Waals surface area contributed by atoms with Crippen LogP contribution in [0.2, 0.25) is 0 Å². The number of para-hydroxylation sites is 1. The van der Waals surface area contributed by atoms with Crippen molar-refractivity contribution in [2.45, 2.75) is 19.8 Å². The third-order valence-corrected chi connectivity index (χ3v) is 4.99. The molecule has 1 aromatic carbocycles. The van der Waals surface area contributed by atoms with Crippen molar-refractivity contribution < 1.29 is 18.8 Å². The maximum atomic E-state index is 13.1. The summed E-state index contributed by atoms with van der Waals surface area (Å²) in [5.74, 6) is 1.49. The highest BCUT2D eigenvalue weighted by Gasteiger charge is 2.29. The van der Waals surface area contributed by atoms with E-state index in [1.165, 1.54) is 0 Å². The van der Waals surface area contributed by atoms with Crippen molar-refractivity contribution >= 4 is 17.6 Å². The van der Waals surface area contributed by atoms with E-state index in [2.05, 4.69) is 15.5 Å². The second-order valence-electron chi connectivity index (χ2n) is 7.15. The molecule has 3 heterocycles. The van der Waals surface area contributed by atoms with E-state index in [9.17, 15) is 9.59 Å². The van der Waals surface area contributed by atoms with Crippen molar-refractivity contribution in [1.82, 2.24) is 15.0 Å². The fourth-order valence-electron chi connectivity index (χ4n) is 3.40. The zero-order chi connectivity index (χ0) is 20.9. The molecule has 0 saturated carbocycles. The molecule has 0 unspecified atom stereocenters. The number of benzene rings is 1. The van der Waals surface area contributed by atoms with E-state index in [1.54, 1.807) is 36.2 Å². The number of amides is 2. The minimum Gasteiger partial charge on any atom is -0.438 e. The number of aryl methyl sites for hydroxylation is 1. The fourth-order valence-corrected chi connectivity index (χ4v) is 3.40. The number of ether oxygens (including phenoxy) is 1. The van der Waals surface area contributed by atoms with Crippen molar-refractivity contribution in [3.8, 4) is 11.6 Å². The summed E-state index contributed by atoms with van der Waals surface area (Å²) in [6.07, 6.45) is 2.74. The quantitative estimate of drug-likeness (QED) is 0.694. The van der Waals surface area contributed by atoms with Crippen molar-refractivity contribution in [2.75, 3.05) is 18.4 Å². The summed E-state index contributed by atoms with van der Waals surface area (Å²) >= 11 is 0. The third-order valence-electron chi connectivity index (χ3n) is 4.99. The average Bonchev–Trinajstić information content (AvgIpc) is 3.19. The summed E-state index contributed by atoms with van der Waals surface area (Å²) in [6, 6.07) is 14.3. The number of carbonyl (C=O) groups excluding carboxylic acids is 2. The Bertz CT molecular complexity index is 1030. The Morgan fingerprint density at radius 3 is 2.60 bits per heavy atom. The van der Waals surface area contributed by atoms with Crippen LogP contribution in [0.15, 0.2) is 59.3 Å². The molecule has 0 aliphatic carbocycles. The van der Waals surface area contributed by atoms with Gasteiger partial charge in [-0.05, 0) is 44.0 Å². The van der Waals surface area contributed by atoms with Gasteiger partial charge in [-0.1, -0.05) is 23.4 Å². The molecule has 0 atom stereocenters. The number of piperidine rings is 1. The van der Waals surface area contributed by atoms with E-state index in [4.69, 9.17) is 9.26 Å². The lowest BCUT2D eigenvalue weighted by Crippen LogP contribution is -2.41. The Morgan fingerprint density at radius 1 is 1.13 bits per heavy atom. The molecule has 2 amide bonds. The van der Waals surface area contributed by atoms with Gasteiger partial charge < -0.3 is 19.5 Å². The fraction of sp³-hybridized carbons (Fsp3) is 0.273. The molecule has 8 nitrogen and oxygen atoms in total. The van der Waals surface area contributed by atoms with E-state index >= 15 is 0 Å². The van der Waals surface area contributed by atoms with Gasteiger partial charge in [0.05, 0.1) is 0 Å². The summed E-state index contributed by atoms with van der Waals surface area (Å²) in [6.45, 7) is 2.73. The molecule has 154 valence electrons. The highest BCUT2D eigenvalue weighted by atomic mass is 16.5. The Balaban J connectivity index is 1.38. The topological polar surface area (TPSA) is 97.6 Å². The van der Waals surface area contributed by atoms with E-state index < -0.39 is 0 Å². The smallest absolute Gasteiger partial charge is 0.259 e. The second-order valence-corrected chi connectivity index (χ2v) is 7.15. The number of carbonyl (C=O) groups is 2. The van der Waals surface area contributed by atoms with Crippen molar-refractivity contribution in [2.24, 2.45) is 5.92 Å². The number of hydrogen-bond donors (Lipinski definition) is 1. The molecule has 1 N–H and O–H groups in total. The van der Waals surface area contributed by atoms with Crippen LogP contribution in [0.25, 0.3) is 0 Å². The molecular formula is C22H22N4O4. The Hall–Kier alpha value is -3.68. The highest BCUT2D eigenvalue weighted by Crippen LogP contribution is 2.26. The van der Waals surface area contributed by atoms with Gasteiger partial charge in [-0.3, -0.25) is 9.59 Å². The number of rotatable bonds is 5. The van der Waals surface area contributed by atoms with Crippen LogP contribution >= 0.6 is 0 Å². The number of nitrogens with zero attached hydrogens (tertiary/aromatic N) is 3. The van der Waals surface area contributed by atoms with E-state index in [0.29, 0.717) is 48.8 Å². The predicted octanol–water partition coefficient (Wildman–Crippen LogP) is 3.66. The zero-order valence-corrected chi connectivity index (χ0v) is 16.6. The number of likely N-dealkylation sites (tertiary alicyclic amines) is 1. The van der Waals surface area contributed by atoms with Crippen molar-refractivity contribution in [1.29, 1.82) is 0 Å². The molecule has 1 fully saturated rings. The first-order valence-corrected chi connectivity index (χ1v) is 9.81. The molecule has 8 heteroatoms. The number of nitrogens with one attached hydrogen (secondary N) is 1. The molecule has 0 spiro atoms. The Labute approximate surface area is 173 Å². The monoisotopic (exact) mass is 406 g/mol. The lowest BCUT2D eigenvalue weighted by Gasteiger charge is -2.31. The first kappa shape index (κ1) is 19.6. The first-order chi connectivity index (χ1) is 14.6. The summed E-state index contributed by atoms with van der Waals surface area (Å²) < 4.78 is 10.8. The third kappa shape index (κ3) is 4.48. The van der Waals surface area contributed by atoms with Gasteiger partial charge in [-0.15, -0.1) is 0 Å². The largest absolute Gasteiger partial charge is 0.438 e. The lowest BCUT2D eigenvalue weighted by atomic mass is 9.95. The van der Waals surface area contributed by atoms with Gasteiger partial charge in [0.25, 0.3) is 5.91 Å². The van der Waals surface area contributed by atoms with Gasteiger partial charge >= 0.3 is 0 Å². The molecular weight excluding hydrogens is 384 g/mol. The van der Waals surface area contributed by atoms with Crippen LogP contribution in [0.3, 0.4) is 0 Å². The molecule has 3 aromatic rings. The van der Waals surface area contributed by atoms with Crippen LogP contribution in [-0.2, 0) is 4.79 Å². The number of anilines is 1. The summed E-state index contributed by atoms with van der Waals surface area (Å²) in [5.41, 5.74) is 0.405. The van der Waals surface area contributed by atoms with Gasteiger partial charge in [0.1, 0.15) is 17.1 Å². The summed E-state index contributed by atoms with van der Waals surface area (Å²) in [7, 11) is 0. The summed E-state index contributed by atoms with van der Waals surface area (Å²) in [5, 5.41) is 6.55. The minimum absolute atomic E-state index is 0.107. The van der Waals surface area contributed by atoms with E-state index in [-0.39, 0.29) is 23.6 Å². The minimum atomic E-state index is -0.181. The number of aromatic nitrogens is 2. The van der Waals surface area contributed by atoms with Gasteiger partial charge in [0, 0.05) is 31.3 Å². The van der Waals surface area contributed by atoms with Crippen LogP contribution in [0, 0.1) is 12.8 Å². The van der Waals surface area contributed by atoms with Crippen molar-refractivity contribution in [3.63, 3.8) is 0 Å². The second kappa shape index (κ2) is 8.77. The van der Waals surface area contributed by atoms with Crippen LogP contribution in [0.5, 0.6) is 11.6 Å². The lowest BCUT2D eigenvalue weighted by molar-refractivity contribution is -0.121. The molecule has 30 heavy (non-hydrogen) atoms. The van der Waals surface area contributed by atoms with Crippen molar-refractivity contribution in [3.05, 3.63) is 66.1 Å². The molecule has 1 saturated heterocycles. The van der Waals surface area contributed by atoms with Gasteiger partial charge in [0.2, 0.25) is 11.8 Å². The molecule has 0 radical (unpaired) electrons. The van der Waals surface area contributed by atoms with Gasteiger partial charge in [0.15, 0.2) is 5.82 Å². The molecule has 4 rings (SSSR count). The molecule has 1 aliphatic rings.